The number of hydroxylamine groups is 2. The predicted octanol–water partition coefficient (Wildman–Crippen LogP) is 3.75. The van der Waals surface area contributed by atoms with Crippen LogP contribution in [0.5, 0.6) is 0 Å². The van der Waals surface area contributed by atoms with Gasteiger partial charge in [0.2, 0.25) is 0 Å². The molecule has 0 amide bonds. The Morgan fingerprint density at radius 1 is 1.04 bits per heavy atom. The van der Waals surface area contributed by atoms with Gasteiger partial charge in [0.25, 0.3) is 0 Å². The molecule has 4 heteroatoms. The molecular formula is C19H20N2O2. The van der Waals surface area contributed by atoms with Gasteiger partial charge >= 0.3 is 5.97 Å². The normalized spacial score (nSPS) is 20.1. The van der Waals surface area contributed by atoms with Crippen LogP contribution in [0, 0.1) is 0 Å². The van der Waals surface area contributed by atoms with Gasteiger partial charge < -0.3 is 4.84 Å². The summed E-state index contributed by atoms with van der Waals surface area (Å²) in [6, 6.07) is 19.9. The van der Waals surface area contributed by atoms with Gasteiger partial charge in [0, 0.05) is 6.92 Å². The molecule has 4 nitrogen and oxygen atoms in total. The molecule has 2 aromatic rings. The second-order valence-electron chi connectivity index (χ2n) is 6.10. The smallest absolute Gasteiger partial charge is 0.322 e. The summed E-state index contributed by atoms with van der Waals surface area (Å²) < 4.78 is 0. The quantitative estimate of drug-likeness (QED) is 0.867. The van der Waals surface area contributed by atoms with E-state index in [1.807, 2.05) is 74.5 Å². The van der Waals surface area contributed by atoms with Gasteiger partial charge in [-0.2, -0.15) is 0 Å². The highest BCUT2D eigenvalue weighted by molar-refractivity contribution is 6.08. The summed E-state index contributed by atoms with van der Waals surface area (Å²) in [4.78, 5) is 22.0. The molecule has 1 atom stereocenters. The Balaban J connectivity index is 2.08. The number of hydrogen-bond donors (Lipinski definition) is 0. The molecule has 0 aliphatic carbocycles. The van der Waals surface area contributed by atoms with E-state index in [0.29, 0.717) is 0 Å². The van der Waals surface area contributed by atoms with E-state index in [-0.39, 0.29) is 12.1 Å². The van der Waals surface area contributed by atoms with E-state index in [4.69, 9.17) is 9.83 Å². The Morgan fingerprint density at radius 3 is 2.17 bits per heavy atom. The van der Waals surface area contributed by atoms with Crippen molar-refractivity contribution in [1.29, 1.82) is 0 Å². The van der Waals surface area contributed by atoms with Gasteiger partial charge in [-0.1, -0.05) is 65.7 Å². The summed E-state index contributed by atoms with van der Waals surface area (Å²) in [6.45, 7) is 5.45. The Hall–Kier alpha value is -2.46. The molecular weight excluding hydrogens is 288 g/mol. The van der Waals surface area contributed by atoms with Crippen molar-refractivity contribution in [2.75, 3.05) is 0 Å². The zero-order valence-corrected chi connectivity index (χ0v) is 13.6. The number of aliphatic imine (C=N–C) groups is 1. The van der Waals surface area contributed by atoms with Crippen LogP contribution in [-0.2, 0) is 9.63 Å². The van der Waals surface area contributed by atoms with E-state index in [1.54, 1.807) is 5.06 Å². The topological polar surface area (TPSA) is 41.9 Å². The predicted molar refractivity (Wildman–Crippen MR) is 89.8 cm³/mol. The van der Waals surface area contributed by atoms with Crippen molar-refractivity contribution in [1.82, 2.24) is 5.06 Å². The lowest BCUT2D eigenvalue weighted by Crippen LogP contribution is -2.47. The molecule has 0 fully saturated rings. The first-order valence-electron chi connectivity index (χ1n) is 7.66. The minimum absolute atomic E-state index is 0.342. The number of carbonyl (C=O) groups excluding carboxylic acids is 1. The average Bonchev–Trinajstić information content (AvgIpc) is 2.80. The summed E-state index contributed by atoms with van der Waals surface area (Å²) in [5.74, 6) is -0.344. The molecule has 0 spiro atoms. The van der Waals surface area contributed by atoms with Gasteiger partial charge in [-0.05, 0) is 25.0 Å². The SMILES string of the molecule is CC(=O)ON1[C@@H](c2ccccc2)N=C(c2ccccc2)C1(C)C. The van der Waals surface area contributed by atoms with Gasteiger partial charge in [-0.25, -0.2) is 0 Å². The summed E-state index contributed by atoms with van der Waals surface area (Å²) in [7, 11) is 0. The van der Waals surface area contributed by atoms with Gasteiger partial charge in [0.15, 0.2) is 6.17 Å². The molecule has 0 unspecified atom stereocenters. The van der Waals surface area contributed by atoms with E-state index in [1.165, 1.54) is 6.92 Å². The zero-order chi connectivity index (χ0) is 16.4. The van der Waals surface area contributed by atoms with Crippen molar-refractivity contribution >= 4 is 11.7 Å². The van der Waals surface area contributed by atoms with E-state index in [0.717, 1.165) is 16.8 Å². The van der Waals surface area contributed by atoms with E-state index >= 15 is 0 Å². The fourth-order valence-corrected chi connectivity index (χ4v) is 2.90. The van der Waals surface area contributed by atoms with E-state index in [2.05, 4.69) is 0 Å². The van der Waals surface area contributed by atoms with Crippen LogP contribution in [0.4, 0.5) is 0 Å². The van der Waals surface area contributed by atoms with E-state index < -0.39 is 5.54 Å². The average molecular weight is 308 g/mol. The monoisotopic (exact) mass is 308 g/mol. The van der Waals surface area contributed by atoms with Crippen molar-refractivity contribution in [2.45, 2.75) is 32.5 Å². The fourth-order valence-electron chi connectivity index (χ4n) is 2.90. The van der Waals surface area contributed by atoms with Crippen LogP contribution in [-0.4, -0.2) is 22.3 Å². The lowest BCUT2D eigenvalue weighted by atomic mass is 9.93. The standard InChI is InChI=1S/C19H20N2O2/c1-14(22)23-21-18(16-12-8-5-9-13-16)20-17(19(21,2)3)15-10-6-4-7-11-15/h4-13,18H,1-3H3/t18-/m0/s1. The number of benzene rings is 2. The van der Waals surface area contributed by atoms with Gasteiger partial charge in [0.1, 0.15) is 0 Å². The maximum atomic E-state index is 11.6. The van der Waals surface area contributed by atoms with Crippen molar-refractivity contribution < 1.29 is 9.63 Å². The molecule has 0 radical (unpaired) electrons. The number of nitrogens with zero attached hydrogens (tertiary/aromatic N) is 2. The van der Waals surface area contributed by atoms with Crippen molar-refractivity contribution in [3.63, 3.8) is 0 Å². The Morgan fingerprint density at radius 2 is 1.61 bits per heavy atom. The maximum absolute atomic E-state index is 11.6. The first-order valence-corrected chi connectivity index (χ1v) is 7.66. The third kappa shape index (κ3) is 2.90. The highest BCUT2D eigenvalue weighted by Gasteiger charge is 2.46. The minimum Gasteiger partial charge on any atom is -0.365 e. The molecule has 118 valence electrons. The van der Waals surface area contributed by atoms with Crippen molar-refractivity contribution in [3.8, 4) is 0 Å². The van der Waals surface area contributed by atoms with Crippen LogP contribution in [0.1, 0.15) is 38.1 Å². The largest absolute Gasteiger partial charge is 0.365 e. The first kappa shape index (κ1) is 15.4. The molecule has 0 saturated carbocycles. The molecule has 0 bridgehead atoms. The van der Waals surface area contributed by atoms with Gasteiger partial charge in [-0.3, -0.25) is 9.79 Å². The lowest BCUT2D eigenvalue weighted by molar-refractivity contribution is -0.214. The highest BCUT2D eigenvalue weighted by atomic mass is 16.7. The minimum atomic E-state index is -0.520. The summed E-state index contributed by atoms with van der Waals surface area (Å²) in [5.41, 5.74) is 2.42. The Bertz CT molecular complexity index is 724. The maximum Gasteiger partial charge on any atom is 0.322 e. The summed E-state index contributed by atoms with van der Waals surface area (Å²) >= 11 is 0. The third-order valence-corrected chi connectivity index (χ3v) is 3.98. The van der Waals surface area contributed by atoms with Crippen molar-refractivity contribution in [2.24, 2.45) is 4.99 Å². The molecule has 1 heterocycles. The number of carbonyl (C=O) groups is 1. The third-order valence-electron chi connectivity index (χ3n) is 3.98. The first-order chi connectivity index (χ1) is 11.0. The van der Waals surface area contributed by atoms with Gasteiger partial charge in [0.05, 0.1) is 11.3 Å². The zero-order valence-electron chi connectivity index (χ0n) is 13.6. The fraction of sp³-hybridized carbons (Fsp3) is 0.263. The lowest BCUT2D eigenvalue weighted by Gasteiger charge is -2.33. The molecule has 0 N–H and O–H groups in total. The molecule has 0 saturated heterocycles. The molecule has 0 aromatic heterocycles. The second-order valence-corrected chi connectivity index (χ2v) is 6.10. The van der Waals surface area contributed by atoms with Crippen LogP contribution in [0.3, 0.4) is 0 Å². The number of hydrogen-bond acceptors (Lipinski definition) is 4. The highest BCUT2D eigenvalue weighted by Crippen LogP contribution is 2.39. The van der Waals surface area contributed by atoms with Crippen LogP contribution in [0.15, 0.2) is 65.7 Å². The molecule has 3 rings (SSSR count). The van der Waals surface area contributed by atoms with Gasteiger partial charge in [-0.15, -0.1) is 0 Å². The van der Waals surface area contributed by atoms with Crippen LogP contribution in [0.2, 0.25) is 0 Å². The Kier molecular flexibility index (Phi) is 4.01. The summed E-state index contributed by atoms with van der Waals surface area (Å²) in [6.07, 6.45) is -0.342. The van der Waals surface area contributed by atoms with Crippen LogP contribution < -0.4 is 0 Å². The molecule has 1 aliphatic heterocycles. The van der Waals surface area contributed by atoms with Crippen LogP contribution in [0.25, 0.3) is 0 Å². The Labute approximate surface area is 136 Å². The van der Waals surface area contributed by atoms with Crippen LogP contribution >= 0.6 is 0 Å². The second kappa shape index (κ2) is 5.97. The molecule has 23 heavy (non-hydrogen) atoms. The summed E-state index contributed by atoms with van der Waals surface area (Å²) in [5, 5.41) is 1.69. The van der Waals surface area contributed by atoms with E-state index in [9.17, 15) is 4.79 Å². The molecule has 1 aliphatic rings. The van der Waals surface area contributed by atoms with Crippen molar-refractivity contribution in [3.05, 3.63) is 71.8 Å². The number of rotatable bonds is 3. The molecule has 2 aromatic carbocycles.